The first kappa shape index (κ1) is 15.1. The van der Waals surface area contributed by atoms with E-state index in [1.54, 1.807) is 13.2 Å². The van der Waals surface area contributed by atoms with Crippen LogP contribution in [0.15, 0.2) is 18.2 Å². The van der Waals surface area contributed by atoms with Crippen molar-refractivity contribution in [2.24, 2.45) is 0 Å². The van der Waals surface area contributed by atoms with Crippen molar-refractivity contribution in [1.29, 1.82) is 0 Å². The van der Waals surface area contributed by atoms with Crippen LogP contribution >= 0.6 is 0 Å². The van der Waals surface area contributed by atoms with Crippen LogP contribution in [-0.2, 0) is 4.79 Å². The quantitative estimate of drug-likeness (QED) is 0.830. The number of ether oxygens (including phenoxy) is 1. The van der Waals surface area contributed by atoms with Crippen LogP contribution in [0.1, 0.15) is 16.7 Å². The first-order chi connectivity index (χ1) is 8.88. The first-order valence-corrected chi connectivity index (χ1v) is 6.13. The Morgan fingerprint density at radius 2 is 2.00 bits per heavy atom. The molecule has 1 N–H and O–H groups in total. The van der Waals surface area contributed by atoms with E-state index in [9.17, 15) is 4.79 Å². The maximum Gasteiger partial charge on any atom is 0.328 e. The van der Waals surface area contributed by atoms with Gasteiger partial charge in [0.2, 0.25) is 0 Å². The highest BCUT2D eigenvalue weighted by Crippen LogP contribution is 2.36. The van der Waals surface area contributed by atoms with Gasteiger partial charge in [-0.2, -0.15) is 0 Å². The average Bonchev–Trinajstić information content (AvgIpc) is 2.32. The number of methoxy groups -OCH3 is 1. The van der Waals surface area contributed by atoms with Gasteiger partial charge < -0.3 is 14.7 Å². The summed E-state index contributed by atoms with van der Waals surface area (Å²) in [4.78, 5) is 12.5. The molecule has 0 amide bonds. The molecular weight excluding hydrogens is 242 g/mol. The number of benzene rings is 1. The molecule has 0 radical (unpaired) electrons. The van der Waals surface area contributed by atoms with Crippen LogP contribution in [0.25, 0.3) is 0 Å². The summed E-state index contributed by atoms with van der Waals surface area (Å²) in [5, 5.41) is 8.60. The van der Waals surface area contributed by atoms with E-state index >= 15 is 0 Å². The van der Waals surface area contributed by atoms with Crippen molar-refractivity contribution >= 4 is 11.7 Å². The summed E-state index contributed by atoms with van der Waals surface area (Å²) in [5.74, 6) is -0.0825. The van der Waals surface area contributed by atoms with Crippen LogP contribution in [0.5, 0.6) is 5.75 Å². The monoisotopic (exact) mass is 263 g/mol. The molecule has 0 atom stereocenters. The third-order valence-electron chi connectivity index (χ3n) is 3.18. The average molecular weight is 263 g/mol. The van der Waals surface area contributed by atoms with Gasteiger partial charge in [-0.25, -0.2) is 4.79 Å². The minimum atomic E-state index is -0.933. The molecule has 0 aliphatic heterocycles. The third-order valence-corrected chi connectivity index (χ3v) is 3.18. The molecule has 19 heavy (non-hydrogen) atoms. The molecule has 0 saturated carbocycles. The molecule has 1 aromatic rings. The zero-order valence-electron chi connectivity index (χ0n) is 12.2. The van der Waals surface area contributed by atoms with Crippen molar-refractivity contribution in [3.05, 3.63) is 34.9 Å². The van der Waals surface area contributed by atoms with Crippen molar-refractivity contribution in [2.45, 2.75) is 20.8 Å². The van der Waals surface area contributed by atoms with Gasteiger partial charge in [0.15, 0.2) is 0 Å². The fourth-order valence-electron chi connectivity index (χ4n) is 2.16. The van der Waals surface area contributed by atoms with Crippen molar-refractivity contribution in [1.82, 2.24) is 0 Å². The van der Waals surface area contributed by atoms with Crippen LogP contribution < -0.4 is 9.64 Å². The standard InChI is InChI=1S/C15H21NO3/c1-10-9-11(2)14(15(19-5)12(10)3)16(4)8-6-7-13(17)18/h6-7,9H,8H2,1-5H3,(H,17,18)/b7-6+. The predicted octanol–water partition coefficient (Wildman–Crippen LogP) is 2.70. The fourth-order valence-corrected chi connectivity index (χ4v) is 2.16. The van der Waals surface area contributed by atoms with E-state index in [-0.39, 0.29) is 0 Å². The van der Waals surface area contributed by atoms with Gasteiger partial charge in [0.25, 0.3) is 0 Å². The number of rotatable bonds is 5. The number of carboxylic acids is 1. The lowest BCUT2D eigenvalue weighted by Crippen LogP contribution is -2.19. The Bertz CT molecular complexity index is 507. The zero-order chi connectivity index (χ0) is 14.6. The molecule has 0 unspecified atom stereocenters. The van der Waals surface area contributed by atoms with Crippen molar-refractivity contribution in [2.75, 3.05) is 25.6 Å². The molecule has 4 nitrogen and oxygen atoms in total. The minimum absolute atomic E-state index is 0.520. The molecule has 1 aromatic carbocycles. The molecule has 0 aliphatic rings. The summed E-state index contributed by atoms with van der Waals surface area (Å²) < 4.78 is 5.50. The van der Waals surface area contributed by atoms with E-state index in [2.05, 4.69) is 13.0 Å². The number of anilines is 1. The summed E-state index contributed by atoms with van der Waals surface area (Å²) in [6.45, 7) is 6.63. The Balaban J connectivity index is 3.11. The zero-order valence-corrected chi connectivity index (χ0v) is 12.2. The second kappa shape index (κ2) is 6.27. The maximum atomic E-state index is 10.5. The topological polar surface area (TPSA) is 49.8 Å². The smallest absolute Gasteiger partial charge is 0.328 e. The van der Waals surface area contributed by atoms with Gasteiger partial charge in [0.05, 0.1) is 12.8 Å². The number of likely N-dealkylation sites (N-methyl/N-ethyl adjacent to an activating group) is 1. The van der Waals surface area contributed by atoms with E-state index < -0.39 is 5.97 Å². The van der Waals surface area contributed by atoms with Gasteiger partial charge in [0, 0.05) is 19.7 Å². The first-order valence-electron chi connectivity index (χ1n) is 6.13. The van der Waals surface area contributed by atoms with Crippen molar-refractivity contribution in [3.8, 4) is 5.75 Å². The van der Waals surface area contributed by atoms with Crippen LogP contribution in [0.3, 0.4) is 0 Å². The number of hydrogen-bond acceptors (Lipinski definition) is 3. The van der Waals surface area contributed by atoms with Gasteiger partial charge in [0.1, 0.15) is 5.75 Å². The molecule has 0 aliphatic carbocycles. The van der Waals surface area contributed by atoms with Gasteiger partial charge in [-0.1, -0.05) is 12.1 Å². The normalized spacial score (nSPS) is 10.8. The minimum Gasteiger partial charge on any atom is -0.494 e. The van der Waals surface area contributed by atoms with Crippen molar-refractivity contribution < 1.29 is 14.6 Å². The number of aryl methyl sites for hydroxylation is 2. The highest BCUT2D eigenvalue weighted by molar-refractivity contribution is 5.79. The van der Waals surface area contributed by atoms with Crippen LogP contribution in [0.4, 0.5) is 5.69 Å². The summed E-state index contributed by atoms with van der Waals surface area (Å²) in [5.41, 5.74) is 4.41. The van der Waals surface area contributed by atoms with Gasteiger partial charge in [-0.15, -0.1) is 0 Å². The van der Waals surface area contributed by atoms with Crippen molar-refractivity contribution in [3.63, 3.8) is 0 Å². The molecule has 0 bridgehead atoms. The largest absolute Gasteiger partial charge is 0.494 e. The third kappa shape index (κ3) is 3.50. The maximum absolute atomic E-state index is 10.5. The molecule has 0 heterocycles. The molecule has 0 spiro atoms. The van der Waals surface area contributed by atoms with Gasteiger partial charge in [-0.3, -0.25) is 0 Å². The number of aliphatic carboxylic acids is 1. The Morgan fingerprint density at radius 3 is 2.53 bits per heavy atom. The predicted molar refractivity (Wildman–Crippen MR) is 77.3 cm³/mol. The second-order valence-corrected chi connectivity index (χ2v) is 4.64. The highest BCUT2D eigenvalue weighted by Gasteiger charge is 2.15. The van der Waals surface area contributed by atoms with Gasteiger partial charge in [-0.05, 0) is 37.5 Å². The molecule has 0 fully saturated rings. The molecule has 104 valence electrons. The number of carbonyl (C=O) groups is 1. The summed E-state index contributed by atoms with van der Waals surface area (Å²) in [7, 11) is 3.58. The number of nitrogens with zero attached hydrogens (tertiary/aromatic N) is 1. The second-order valence-electron chi connectivity index (χ2n) is 4.64. The van der Waals surface area contributed by atoms with Gasteiger partial charge >= 0.3 is 5.97 Å². The Kier molecular flexibility index (Phi) is 4.98. The Morgan fingerprint density at radius 1 is 1.37 bits per heavy atom. The molecule has 1 rings (SSSR count). The van der Waals surface area contributed by atoms with Crippen LogP contribution in [-0.4, -0.2) is 31.8 Å². The molecular formula is C15H21NO3. The van der Waals surface area contributed by atoms with Crippen LogP contribution in [0, 0.1) is 20.8 Å². The fraction of sp³-hybridized carbons (Fsp3) is 0.400. The van der Waals surface area contributed by atoms with E-state index in [4.69, 9.17) is 9.84 Å². The van der Waals surface area contributed by atoms with E-state index in [1.165, 1.54) is 5.56 Å². The molecule has 0 saturated heterocycles. The van der Waals surface area contributed by atoms with E-state index in [1.807, 2.05) is 25.8 Å². The lowest BCUT2D eigenvalue weighted by Gasteiger charge is -2.24. The summed E-state index contributed by atoms with van der Waals surface area (Å²) in [6.07, 6.45) is 2.77. The Labute approximate surface area is 114 Å². The number of hydrogen-bond donors (Lipinski definition) is 1. The SMILES string of the molecule is COc1c(C)c(C)cc(C)c1N(C)C/C=C/C(=O)O. The Hall–Kier alpha value is -1.97. The lowest BCUT2D eigenvalue weighted by atomic mass is 10.0. The molecule has 0 aromatic heterocycles. The lowest BCUT2D eigenvalue weighted by molar-refractivity contribution is -0.131. The van der Waals surface area contributed by atoms with E-state index in [0.29, 0.717) is 6.54 Å². The highest BCUT2D eigenvalue weighted by atomic mass is 16.5. The number of carboxylic acid groups (broad SMARTS) is 1. The molecule has 4 heteroatoms. The van der Waals surface area contributed by atoms with Crippen LogP contribution in [0.2, 0.25) is 0 Å². The summed E-state index contributed by atoms with van der Waals surface area (Å²) in [6, 6.07) is 2.12. The van der Waals surface area contributed by atoms with E-state index in [0.717, 1.165) is 28.6 Å². The summed E-state index contributed by atoms with van der Waals surface area (Å²) >= 11 is 0.